The number of benzene rings is 2. The lowest BCUT2D eigenvalue weighted by Gasteiger charge is -2.33. The normalized spacial score (nSPS) is 16.7. The van der Waals surface area contributed by atoms with Gasteiger partial charge >= 0.3 is 0 Å². The maximum Gasteiger partial charge on any atom is 0.211 e. The van der Waals surface area contributed by atoms with Gasteiger partial charge < -0.3 is 9.80 Å². The van der Waals surface area contributed by atoms with Gasteiger partial charge in [-0.25, -0.2) is 4.98 Å². The van der Waals surface area contributed by atoms with Gasteiger partial charge in [0.1, 0.15) is 11.4 Å². The first-order chi connectivity index (χ1) is 18.5. The van der Waals surface area contributed by atoms with Crippen molar-refractivity contribution in [2.45, 2.75) is 76.3 Å². The lowest BCUT2D eigenvalue weighted by molar-refractivity contribution is 0.103. The number of rotatable bonds is 8. The van der Waals surface area contributed by atoms with E-state index in [1.165, 1.54) is 64.2 Å². The number of anilines is 2. The summed E-state index contributed by atoms with van der Waals surface area (Å²) in [7, 11) is 4.29. The van der Waals surface area contributed by atoms with E-state index in [1.54, 1.807) is 18.2 Å². The number of pyridine rings is 1. The fourth-order valence-electron chi connectivity index (χ4n) is 6.04. The molecule has 0 saturated heterocycles. The number of ketones is 2. The van der Waals surface area contributed by atoms with Gasteiger partial charge in [0.2, 0.25) is 11.6 Å². The zero-order valence-corrected chi connectivity index (χ0v) is 22.7. The third-order valence-electron chi connectivity index (χ3n) is 8.53. The summed E-state index contributed by atoms with van der Waals surface area (Å²) in [6.07, 6.45) is 12.7. The van der Waals surface area contributed by atoms with Crippen LogP contribution in [-0.4, -0.2) is 42.7 Å². The molecule has 0 amide bonds. The molecule has 2 aliphatic rings. The highest BCUT2D eigenvalue weighted by molar-refractivity contribution is 6.11. The highest BCUT2D eigenvalue weighted by Gasteiger charge is 2.21. The molecule has 0 radical (unpaired) electrons. The average Bonchev–Trinajstić information content (AvgIpc) is 3.00. The molecule has 0 atom stereocenters. The summed E-state index contributed by atoms with van der Waals surface area (Å²) >= 11 is 0. The van der Waals surface area contributed by atoms with E-state index in [2.05, 4.69) is 28.9 Å². The van der Waals surface area contributed by atoms with Crippen molar-refractivity contribution in [3.63, 3.8) is 0 Å². The van der Waals surface area contributed by atoms with Crippen molar-refractivity contribution < 1.29 is 9.59 Å². The minimum Gasteiger partial charge on any atom is -0.372 e. The Hall–Kier alpha value is -3.47. The lowest BCUT2D eigenvalue weighted by Crippen LogP contribution is -2.33. The summed E-state index contributed by atoms with van der Waals surface area (Å²) in [5.74, 6) is -0.341. The molecule has 1 heterocycles. The summed E-state index contributed by atoms with van der Waals surface area (Å²) in [5.41, 5.74) is 4.00. The van der Waals surface area contributed by atoms with Crippen LogP contribution < -0.4 is 9.80 Å². The molecule has 5 nitrogen and oxygen atoms in total. The molecule has 0 unspecified atom stereocenters. The quantitative estimate of drug-likeness (QED) is 0.304. The van der Waals surface area contributed by atoms with Crippen LogP contribution in [0, 0.1) is 0 Å². The van der Waals surface area contributed by atoms with E-state index in [1.807, 2.05) is 48.5 Å². The Balaban J connectivity index is 1.26. The van der Waals surface area contributed by atoms with Gasteiger partial charge in [-0.1, -0.05) is 44.6 Å². The van der Waals surface area contributed by atoms with E-state index in [9.17, 15) is 9.59 Å². The maximum absolute atomic E-state index is 13.2. The molecule has 1 aromatic heterocycles. The SMILES string of the molecule is CN(c1ccc(C(=O)c2cccc(C(=O)c3ccc(N(C)C4CCCCC4)cc3)n2)cc1)C1CCCCC1. The molecule has 2 aromatic carbocycles. The van der Waals surface area contributed by atoms with Gasteiger partial charge in [0, 0.05) is 48.7 Å². The number of aromatic nitrogens is 1. The predicted molar refractivity (Wildman–Crippen MR) is 155 cm³/mol. The van der Waals surface area contributed by atoms with Crippen LogP contribution in [0.5, 0.6) is 0 Å². The minimum atomic E-state index is -0.170. The molecule has 3 aromatic rings. The number of nitrogens with zero attached hydrogens (tertiary/aromatic N) is 3. The predicted octanol–water partition coefficient (Wildman–Crippen LogP) is 7.08. The van der Waals surface area contributed by atoms with E-state index in [0.717, 1.165) is 11.4 Å². The first-order valence-corrected chi connectivity index (χ1v) is 14.2. The zero-order valence-electron chi connectivity index (χ0n) is 22.7. The van der Waals surface area contributed by atoms with Gasteiger partial charge in [-0.3, -0.25) is 9.59 Å². The van der Waals surface area contributed by atoms with Crippen molar-refractivity contribution in [3.05, 3.63) is 89.2 Å². The van der Waals surface area contributed by atoms with Crippen LogP contribution in [0.25, 0.3) is 0 Å². The van der Waals surface area contributed by atoms with Gasteiger partial charge in [-0.15, -0.1) is 0 Å². The average molecular weight is 510 g/mol. The van der Waals surface area contributed by atoms with Crippen molar-refractivity contribution in [2.24, 2.45) is 0 Å². The molecule has 198 valence electrons. The molecule has 5 heteroatoms. The fraction of sp³-hybridized carbons (Fsp3) is 0.424. The van der Waals surface area contributed by atoms with Crippen LogP contribution in [0.2, 0.25) is 0 Å². The van der Waals surface area contributed by atoms with Crippen molar-refractivity contribution >= 4 is 22.9 Å². The molecular formula is C33H39N3O2. The minimum absolute atomic E-state index is 0.170. The number of hydrogen-bond acceptors (Lipinski definition) is 5. The van der Waals surface area contributed by atoms with Crippen LogP contribution in [-0.2, 0) is 0 Å². The van der Waals surface area contributed by atoms with Crippen molar-refractivity contribution in [1.82, 2.24) is 4.98 Å². The van der Waals surface area contributed by atoms with Gasteiger partial charge in [0.05, 0.1) is 0 Å². The molecular weight excluding hydrogens is 470 g/mol. The third-order valence-corrected chi connectivity index (χ3v) is 8.53. The fourth-order valence-corrected chi connectivity index (χ4v) is 6.04. The number of hydrogen-bond donors (Lipinski definition) is 0. The summed E-state index contributed by atoms with van der Waals surface area (Å²) in [5, 5.41) is 0. The summed E-state index contributed by atoms with van der Waals surface area (Å²) in [4.78, 5) is 35.6. The van der Waals surface area contributed by atoms with Crippen LogP contribution in [0.15, 0.2) is 66.7 Å². The second kappa shape index (κ2) is 11.9. The van der Waals surface area contributed by atoms with Crippen molar-refractivity contribution in [2.75, 3.05) is 23.9 Å². The monoisotopic (exact) mass is 509 g/mol. The zero-order chi connectivity index (χ0) is 26.5. The van der Waals surface area contributed by atoms with E-state index >= 15 is 0 Å². The van der Waals surface area contributed by atoms with Crippen LogP contribution in [0.4, 0.5) is 11.4 Å². The molecule has 2 aliphatic carbocycles. The van der Waals surface area contributed by atoms with Gasteiger partial charge in [-0.05, 0) is 86.3 Å². The second-order valence-electron chi connectivity index (χ2n) is 11.0. The number of carbonyl (C=O) groups is 2. The molecule has 0 spiro atoms. The number of carbonyl (C=O) groups excluding carboxylic acids is 2. The van der Waals surface area contributed by atoms with E-state index < -0.39 is 0 Å². The second-order valence-corrected chi connectivity index (χ2v) is 11.0. The smallest absolute Gasteiger partial charge is 0.211 e. The van der Waals surface area contributed by atoms with Crippen molar-refractivity contribution in [3.8, 4) is 0 Å². The van der Waals surface area contributed by atoms with Crippen LogP contribution >= 0.6 is 0 Å². The largest absolute Gasteiger partial charge is 0.372 e. The van der Waals surface area contributed by atoms with E-state index in [4.69, 9.17) is 0 Å². The lowest BCUT2D eigenvalue weighted by atomic mass is 9.94. The highest BCUT2D eigenvalue weighted by atomic mass is 16.1. The Labute approximate surface area is 226 Å². The molecule has 2 saturated carbocycles. The standard InChI is InChI=1S/C33H39N3O2/c1-35(26-10-5-3-6-11-26)28-20-16-24(17-21-28)32(37)30-14-9-15-31(34-30)33(38)25-18-22-29(23-19-25)36(2)27-12-7-4-8-13-27/h9,14-23,26-27H,3-8,10-13H2,1-2H3. The van der Waals surface area contributed by atoms with Crippen LogP contribution in [0.3, 0.4) is 0 Å². The first kappa shape index (κ1) is 26.1. The summed E-state index contributed by atoms with van der Waals surface area (Å²) in [6, 6.07) is 21.8. The Morgan fingerprint density at radius 1 is 0.579 bits per heavy atom. The summed E-state index contributed by atoms with van der Waals surface area (Å²) < 4.78 is 0. The van der Waals surface area contributed by atoms with E-state index in [-0.39, 0.29) is 23.0 Å². The molecule has 0 N–H and O–H groups in total. The molecule has 2 fully saturated rings. The third kappa shape index (κ3) is 5.82. The maximum atomic E-state index is 13.2. The Morgan fingerprint density at radius 3 is 1.32 bits per heavy atom. The Kier molecular flexibility index (Phi) is 8.21. The highest BCUT2D eigenvalue weighted by Crippen LogP contribution is 2.28. The summed E-state index contributed by atoms with van der Waals surface area (Å²) in [6.45, 7) is 0. The Bertz CT molecular complexity index is 1150. The molecule has 0 aliphatic heterocycles. The topological polar surface area (TPSA) is 53.5 Å². The molecule has 5 rings (SSSR count). The first-order valence-electron chi connectivity index (χ1n) is 14.2. The van der Waals surface area contributed by atoms with Gasteiger partial charge in [0.15, 0.2) is 0 Å². The molecule has 0 bridgehead atoms. The van der Waals surface area contributed by atoms with Crippen molar-refractivity contribution in [1.29, 1.82) is 0 Å². The van der Waals surface area contributed by atoms with Gasteiger partial charge in [-0.2, -0.15) is 0 Å². The Morgan fingerprint density at radius 2 is 0.947 bits per heavy atom. The van der Waals surface area contributed by atoms with E-state index in [0.29, 0.717) is 23.2 Å². The molecule has 38 heavy (non-hydrogen) atoms. The van der Waals surface area contributed by atoms with Gasteiger partial charge in [0.25, 0.3) is 0 Å². The van der Waals surface area contributed by atoms with Crippen LogP contribution in [0.1, 0.15) is 96.3 Å².